The Hall–Kier alpha value is -2.45. The van der Waals surface area contributed by atoms with Crippen LogP contribution in [0.4, 0.5) is 0 Å². The van der Waals surface area contributed by atoms with Crippen LogP contribution < -0.4 is 0 Å². The second-order valence-corrected chi connectivity index (χ2v) is 4.64. The van der Waals surface area contributed by atoms with Crippen LogP contribution in [0, 0.1) is 23.0 Å². The molecule has 0 atom stereocenters. The van der Waals surface area contributed by atoms with Gasteiger partial charge in [0.05, 0.1) is 22.8 Å². The van der Waals surface area contributed by atoms with E-state index in [2.05, 4.69) is 16.0 Å². The van der Waals surface area contributed by atoms with Crippen molar-refractivity contribution < 1.29 is 0 Å². The van der Waals surface area contributed by atoms with Gasteiger partial charge >= 0.3 is 0 Å². The van der Waals surface area contributed by atoms with Crippen LogP contribution in [-0.4, -0.2) is 14.5 Å². The Labute approximate surface area is 115 Å². The lowest BCUT2D eigenvalue weighted by Gasteiger charge is -2.08. The number of hydrogen-bond acceptors (Lipinski definition) is 3. The highest BCUT2D eigenvalue weighted by molar-refractivity contribution is 7.71. The number of imidazole rings is 1. The van der Waals surface area contributed by atoms with E-state index in [1.165, 1.54) is 0 Å². The summed E-state index contributed by atoms with van der Waals surface area (Å²) < 4.78 is 2.44. The molecule has 0 saturated heterocycles. The van der Waals surface area contributed by atoms with E-state index in [9.17, 15) is 0 Å². The molecule has 0 aliphatic heterocycles. The number of nitrogens with zero attached hydrogens (tertiary/aromatic N) is 3. The van der Waals surface area contributed by atoms with Crippen molar-refractivity contribution >= 4 is 23.4 Å². The zero-order valence-electron chi connectivity index (χ0n) is 10.2. The zero-order valence-corrected chi connectivity index (χ0v) is 11.0. The molecule has 19 heavy (non-hydrogen) atoms. The molecule has 0 unspecified atom stereocenters. The third-order valence-corrected chi connectivity index (χ3v) is 3.31. The second kappa shape index (κ2) is 4.34. The monoisotopic (exact) mass is 266 g/mol. The third kappa shape index (κ3) is 1.83. The summed E-state index contributed by atoms with van der Waals surface area (Å²) in [6.45, 7) is 1.99. The summed E-state index contributed by atoms with van der Waals surface area (Å²) in [6.07, 6.45) is 1.73. The van der Waals surface area contributed by atoms with Gasteiger partial charge in [0, 0.05) is 6.20 Å². The molecule has 2 heterocycles. The normalized spacial score (nSPS) is 10.5. The number of rotatable bonds is 1. The minimum absolute atomic E-state index is 0.576. The van der Waals surface area contributed by atoms with Crippen LogP contribution in [0.15, 0.2) is 36.5 Å². The largest absolute Gasteiger partial charge is 0.329 e. The molecule has 5 heteroatoms. The molecule has 0 fully saturated rings. The maximum Gasteiger partial charge on any atom is 0.184 e. The number of H-pyrrole nitrogens is 1. The third-order valence-electron chi connectivity index (χ3n) is 3.02. The molecule has 0 radical (unpaired) electrons. The molecule has 0 aliphatic carbocycles. The first-order chi connectivity index (χ1) is 9.20. The Morgan fingerprint density at radius 1 is 1.37 bits per heavy atom. The first kappa shape index (κ1) is 11.6. The van der Waals surface area contributed by atoms with Crippen LogP contribution in [0.2, 0.25) is 0 Å². The fourth-order valence-corrected chi connectivity index (χ4v) is 2.38. The minimum Gasteiger partial charge on any atom is -0.329 e. The molecule has 2 aromatic heterocycles. The quantitative estimate of drug-likeness (QED) is 0.688. The van der Waals surface area contributed by atoms with Crippen LogP contribution in [0.5, 0.6) is 0 Å². The average molecular weight is 266 g/mol. The summed E-state index contributed by atoms with van der Waals surface area (Å²) in [5.41, 5.74) is 4.18. The highest BCUT2D eigenvalue weighted by atomic mass is 32.1. The lowest BCUT2D eigenvalue weighted by molar-refractivity contribution is 1.03. The second-order valence-electron chi connectivity index (χ2n) is 4.25. The Morgan fingerprint density at radius 3 is 3.00 bits per heavy atom. The molecule has 0 saturated carbocycles. The van der Waals surface area contributed by atoms with Gasteiger partial charge in [0.1, 0.15) is 0 Å². The summed E-state index contributed by atoms with van der Waals surface area (Å²) >= 11 is 5.36. The summed E-state index contributed by atoms with van der Waals surface area (Å²) in [5, 5.41) is 9.02. The smallest absolute Gasteiger partial charge is 0.184 e. The highest BCUT2D eigenvalue weighted by Gasteiger charge is 2.10. The van der Waals surface area contributed by atoms with Gasteiger partial charge in [-0.25, -0.2) is 4.98 Å². The van der Waals surface area contributed by atoms with Gasteiger partial charge in [-0.15, -0.1) is 0 Å². The van der Waals surface area contributed by atoms with Crippen LogP contribution in [-0.2, 0) is 0 Å². The zero-order chi connectivity index (χ0) is 13.4. The molecule has 0 spiro atoms. The molecule has 0 amide bonds. The number of aryl methyl sites for hydroxylation is 1. The van der Waals surface area contributed by atoms with Crippen molar-refractivity contribution in [1.82, 2.24) is 14.5 Å². The molecular weight excluding hydrogens is 256 g/mol. The lowest BCUT2D eigenvalue weighted by atomic mass is 10.1. The summed E-state index contributed by atoms with van der Waals surface area (Å²) in [6, 6.07) is 11.5. The molecule has 0 aliphatic rings. The molecule has 3 aromatic rings. The van der Waals surface area contributed by atoms with Crippen molar-refractivity contribution in [2.75, 3.05) is 0 Å². The number of nitriles is 1. The molecular formula is C14H10N4S. The van der Waals surface area contributed by atoms with Gasteiger partial charge < -0.3 is 4.98 Å². The van der Waals surface area contributed by atoms with Crippen LogP contribution in [0.3, 0.4) is 0 Å². The number of hydrogen-bond donors (Lipinski definition) is 1. The molecule has 4 nitrogen and oxygen atoms in total. The van der Waals surface area contributed by atoms with E-state index >= 15 is 0 Å². The fraction of sp³-hybridized carbons (Fsp3) is 0.0714. The Balaban J connectivity index is 2.40. The van der Waals surface area contributed by atoms with E-state index in [0.29, 0.717) is 10.3 Å². The standard InChI is InChI=1S/C14H10N4S/c1-9-4-5-10(8-15)7-12(9)18-13-11(17-14(18)19)3-2-6-16-13/h2-7H,1H3,(H,17,19). The van der Waals surface area contributed by atoms with Gasteiger partial charge in [-0.2, -0.15) is 5.26 Å². The van der Waals surface area contributed by atoms with Gasteiger partial charge in [0.25, 0.3) is 0 Å². The number of nitrogens with one attached hydrogen (secondary N) is 1. The Kier molecular flexibility index (Phi) is 2.65. The Morgan fingerprint density at radius 2 is 2.21 bits per heavy atom. The van der Waals surface area contributed by atoms with Gasteiger partial charge in [0.2, 0.25) is 0 Å². The summed E-state index contributed by atoms with van der Waals surface area (Å²) in [7, 11) is 0. The van der Waals surface area contributed by atoms with Crippen molar-refractivity contribution in [3.63, 3.8) is 0 Å². The Bertz CT molecular complexity index is 867. The minimum atomic E-state index is 0.576. The van der Waals surface area contributed by atoms with E-state index in [1.807, 2.05) is 35.8 Å². The fourth-order valence-electron chi connectivity index (χ4n) is 2.08. The first-order valence-electron chi connectivity index (χ1n) is 5.77. The van der Waals surface area contributed by atoms with Crippen LogP contribution in [0.25, 0.3) is 16.9 Å². The molecule has 1 N–H and O–H groups in total. The van der Waals surface area contributed by atoms with Gasteiger partial charge in [-0.1, -0.05) is 6.07 Å². The van der Waals surface area contributed by atoms with Crippen molar-refractivity contribution in [2.45, 2.75) is 6.92 Å². The SMILES string of the molecule is Cc1ccc(C#N)cc1-n1c(=S)[nH]c2cccnc21. The van der Waals surface area contributed by atoms with Gasteiger partial charge in [-0.3, -0.25) is 4.57 Å². The van der Waals surface area contributed by atoms with E-state index < -0.39 is 0 Å². The number of benzene rings is 1. The number of aromatic nitrogens is 3. The summed E-state index contributed by atoms with van der Waals surface area (Å²) in [4.78, 5) is 7.48. The maximum absolute atomic E-state index is 9.02. The van der Waals surface area contributed by atoms with E-state index in [4.69, 9.17) is 17.5 Å². The van der Waals surface area contributed by atoms with Gasteiger partial charge in [-0.05, 0) is 49.0 Å². The number of aromatic amines is 1. The summed E-state index contributed by atoms with van der Waals surface area (Å²) in [5.74, 6) is 0. The maximum atomic E-state index is 9.02. The predicted molar refractivity (Wildman–Crippen MR) is 75.7 cm³/mol. The van der Waals surface area contributed by atoms with E-state index in [1.54, 1.807) is 12.3 Å². The molecule has 3 rings (SSSR count). The van der Waals surface area contributed by atoms with Crippen molar-refractivity contribution in [3.05, 3.63) is 52.4 Å². The lowest BCUT2D eigenvalue weighted by Crippen LogP contribution is -1.99. The van der Waals surface area contributed by atoms with Crippen molar-refractivity contribution in [3.8, 4) is 11.8 Å². The van der Waals surface area contributed by atoms with Gasteiger partial charge in [0.15, 0.2) is 10.4 Å². The van der Waals surface area contributed by atoms with Crippen molar-refractivity contribution in [2.24, 2.45) is 0 Å². The van der Waals surface area contributed by atoms with E-state index in [-0.39, 0.29) is 0 Å². The molecule has 0 bridgehead atoms. The molecule has 92 valence electrons. The number of fused-ring (bicyclic) bond motifs is 1. The number of pyridine rings is 1. The molecule has 1 aromatic carbocycles. The first-order valence-corrected chi connectivity index (χ1v) is 6.18. The van der Waals surface area contributed by atoms with Crippen molar-refractivity contribution in [1.29, 1.82) is 5.26 Å². The topological polar surface area (TPSA) is 57.4 Å². The predicted octanol–water partition coefficient (Wildman–Crippen LogP) is 3.26. The van der Waals surface area contributed by atoms with Crippen LogP contribution >= 0.6 is 12.2 Å². The highest BCUT2D eigenvalue weighted by Crippen LogP contribution is 2.21. The van der Waals surface area contributed by atoms with Crippen LogP contribution in [0.1, 0.15) is 11.1 Å². The average Bonchev–Trinajstić information content (AvgIpc) is 2.75. The van der Waals surface area contributed by atoms with E-state index in [0.717, 1.165) is 22.4 Å².